The van der Waals surface area contributed by atoms with Crippen LogP contribution in [0.3, 0.4) is 0 Å². The standard InChI is InChI=1S/C23H28N4O2/c1-17-13-21(19(3)27(17)23-14-18(2)29-24-23)22(28)16-26-11-9-25(10-12-26)15-20-7-5-4-6-8-20/h4-8,13-14H,9-12,15-16H2,1-3H3. The number of hydrogen-bond acceptors (Lipinski definition) is 5. The monoisotopic (exact) mass is 392 g/mol. The molecule has 1 fully saturated rings. The van der Waals surface area contributed by atoms with Crippen molar-refractivity contribution in [3.8, 4) is 5.82 Å². The summed E-state index contributed by atoms with van der Waals surface area (Å²) < 4.78 is 7.19. The van der Waals surface area contributed by atoms with E-state index in [2.05, 4.69) is 39.2 Å². The second-order valence-corrected chi connectivity index (χ2v) is 7.88. The zero-order valence-corrected chi connectivity index (χ0v) is 17.4. The van der Waals surface area contributed by atoms with E-state index in [1.807, 2.05) is 43.5 Å². The van der Waals surface area contributed by atoms with Gasteiger partial charge in [0.1, 0.15) is 5.76 Å². The Morgan fingerprint density at radius 3 is 2.34 bits per heavy atom. The summed E-state index contributed by atoms with van der Waals surface area (Å²) in [5, 5.41) is 4.10. The van der Waals surface area contributed by atoms with Gasteiger partial charge in [-0.3, -0.25) is 19.2 Å². The molecule has 1 aliphatic heterocycles. The molecule has 1 aliphatic rings. The fourth-order valence-corrected chi connectivity index (χ4v) is 4.09. The Bertz CT molecular complexity index is 982. The molecule has 0 radical (unpaired) electrons. The molecule has 1 aromatic carbocycles. The predicted octanol–water partition coefficient (Wildman–Crippen LogP) is 3.39. The maximum absolute atomic E-state index is 13.0. The predicted molar refractivity (Wildman–Crippen MR) is 113 cm³/mol. The van der Waals surface area contributed by atoms with Gasteiger partial charge in [-0.1, -0.05) is 35.5 Å². The number of carbonyl (C=O) groups excluding carboxylic acids is 1. The Morgan fingerprint density at radius 1 is 1.00 bits per heavy atom. The fourth-order valence-electron chi connectivity index (χ4n) is 4.09. The first-order valence-corrected chi connectivity index (χ1v) is 10.2. The second-order valence-electron chi connectivity index (χ2n) is 7.88. The SMILES string of the molecule is Cc1cc(-n2c(C)cc(C(=O)CN3CCN(Cc4ccccc4)CC3)c2C)no1. The highest BCUT2D eigenvalue weighted by Gasteiger charge is 2.23. The molecule has 2 aromatic heterocycles. The van der Waals surface area contributed by atoms with Gasteiger partial charge >= 0.3 is 0 Å². The molecule has 0 aliphatic carbocycles. The van der Waals surface area contributed by atoms with E-state index in [-0.39, 0.29) is 5.78 Å². The van der Waals surface area contributed by atoms with Crippen LogP contribution >= 0.6 is 0 Å². The highest BCUT2D eigenvalue weighted by Crippen LogP contribution is 2.21. The lowest BCUT2D eigenvalue weighted by molar-refractivity contribution is 0.0843. The van der Waals surface area contributed by atoms with Gasteiger partial charge < -0.3 is 4.52 Å². The lowest BCUT2D eigenvalue weighted by Crippen LogP contribution is -2.47. The molecular formula is C23H28N4O2. The third kappa shape index (κ3) is 4.33. The molecule has 0 atom stereocenters. The van der Waals surface area contributed by atoms with E-state index in [1.54, 1.807) is 0 Å². The number of hydrogen-bond donors (Lipinski definition) is 0. The van der Waals surface area contributed by atoms with Gasteiger partial charge in [0, 0.05) is 55.7 Å². The molecule has 3 aromatic rings. The van der Waals surface area contributed by atoms with E-state index in [4.69, 9.17) is 4.52 Å². The Morgan fingerprint density at radius 2 is 1.69 bits per heavy atom. The van der Waals surface area contributed by atoms with Crippen LogP contribution in [0, 0.1) is 20.8 Å². The van der Waals surface area contributed by atoms with E-state index < -0.39 is 0 Å². The van der Waals surface area contributed by atoms with E-state index in [0.717, 1.165) is 61.3 Å². The Labute approximate surface area is 171 Å². The molecule has 0 saturated carbocycles. The van der Waals surface area contributed by atoms with Gasteiger partial charge in [-0.2, -0.15) is 0 Å². The summed E-state index contributed by atoms with van der Waals surface area (Å²) in [4.78, 5) is 17.7. The molecule has 0 unspecified atom stereocenters. The second kappa shape index (κ2) is 8.35. The average molecular weight is 393 g/mol. The quantitative estimate of drug-likeness (QED) is 0.602. The minimum absolute atomic E-state index is 0.168. The van der Waals surface area contributed by atoms with Crippen molar-refractivity contribution in [1.29, 1.82) is 0 Å². The molecule has 1 saturated heterocycles. The zero-order valence-electron chi connectivity index (χ0n) is 17.4. The number of Topliss-reactive ketones (excluding diaryl/α,β-unsaturated/α-hetero) is 1. The van der Waals surface area contributed by atoms with Crippen molar-refractivity contribution in [2.24, 2.45) is 0 Å². The first kappa shape index (κ1) is 19.6. The lowest BCUT2D eigenvalue weighted by Gasteiger charge is -2.34. The van der Waals surface area contributed by atoms with Gasteiger partial charge in [-0.25, -0.2) is 0 Å². The molecule has 0 N–H and O–H groups in total. The van der Waals surface area contributed by atoms with Gasteiger partial charge in [0.15, 0.2) is 11.6 Å². The molecule has 0 amide bonds. The van der Waals surface area contributed by atoms with Gasteiger partial charge in [-0.05, 0) is 32.4 Å². The number of aromatic nitrogens is 2. The smallest absolute Gasteiger partial charge is 0.180 e. The first-order valence-electron chi connectivity index (χ1n) is 10.2. The highest BCUT2D eigenvalue weighted by atomic mass is 16.5. The van der Waals surface area contributed by atoms with Crippen molar-refractivity contribution in [2.45, 2.75) is 27.3 Å². The van der Waals surface area contributed by atoms with Crippen LogP contribution in [0.4, 0.5) is 0 Å². The first-order chi connectivity index (χ1) is 14.0. The topological polar surface area (TPSA) is 54.5 Å². The Kier molecular flexibility index (Phi) is 5.65. The van der Waals surface area contributed by atoms with Crippen LogP contribution in [-0.4, -0.2) is 58.0 Å². The zero-order chi connectivity index (χ0) is 20.4. The number of aryl methyl sites for hydroxylation is 2. The normalized spacial score (nSPS) is 15.7. The van der Waals surface area contributed by atoms with Gasteiger partial charge in [-0.15, -0.1) is 0 Å². The van der Waals surface area contributed by atoms with E-state index in [9.17, 15) is 4.79 Å². The third-order valence-corrected chi connectivity index (χ3v) is 5.66. The van der Waals surface area contributed by atoms with Gasteiger partial charge in [0.25, 0.3) is 0 Å². The van der Waals surface area contributed by atoms with Crippen LogP contribution in [0.25, 0.3) is 5.82 Å². The van der Waals surface area contributed by atoms with Crippen molar-refractivity contribution in [2.75, 3.05) is 32.7 Å². The maximum atomic E-state index is 13.0. The Balaban J connectivity index is 1.37. The molecule has 6 nitrogen and oxygen atoms in total. The van der Waals surface area contributed by atoms with Crippen LogP contribution in [-0.2, 0) is 6.54 Å². The maximum Gasteiger partial charge on any atom is 0.180 e. The van der Waals surface area contributed by atoms with Crippen molar-refractivity contribution in [1.82, 2.24) is 19.5 Å². The van der Waals surface area contributed by atoms with Crippen molar-refractivity contribution < 1.29 is 9.32 Å². The highest BCUT2D eigenvalue weighted by molar-refractivity contribution is 5.99. The number of ketones is 1. The fraction of sp³-hybridized carbons (Fsp3) is 0.391. The molecule has 3 heterocycles. The number of carbonyl (C=O) groups is 1. The Hall–Kier alpha value is -2.70. The van der Waals surface area contributed by atoms with Crippen LogP contribution in [0.5, 0.6) is 0 Å². The summed E-state index contributed by atoms with van der Waals surface area (Å²) in [6, 6.07) is 14.4. The van der Waals surface area contributed by atoms with Crippen molar-refractivity contribution in [3.05, 3.63) is 70.7 Å². The molecular weight excluding hydrogens is 364 g/mol. The summed E-state index contributed by atoms with van der Waals surface area (Å²) in [7, 11) is 0. The van der Waals surface area contributed by atoms with Crippen molar-refractivity contribution in [3.63, 3.8) is 0 Å². The summed E-state index contributed by atoms with van der Waals surface area (Å²) >= 11 is 0. The van der Waals surface area contributed by atoms with E-state index >= 15 is 0 Å². The summed E-state index contributed by atoms with van der Waals surface area (Å²) in [6.45, 7) is 11.1. The average Bonchev–Trinajstić information content (AvgIpc) is 3.26. The number of piperazine rings is 1. The minimum Gasteiger partial charge on any atom is -0.360 e. The van der Waals surface area contributed by atoms with E-state index in [0.29, 0.717) is 6.54 Å². The minimum atomic E-state index is 0.168. The van der Waals surface area contributed by atoms with Crippen LogP contribution < -0.4 is 0 Å². The lowest BCUT2D eigenvalue weighted by atomic mass is 10.1. The number of rotatable bonds is 6. The molecule has 4 rings (SSSR count). The van der Waals surface area contributed by atoms with Gasteiger partial charge in [0.05, 0.1) is 6.54 Å². The summed E-state index contributed by atoms with van der Waals surface area (Å²) in [6.07, 6.45) is 0. The van der Waals surface area contributed by atoms with Crippen LogP contribution in [0.2, 0.25) is 0 Å². The summed E-state index contributed by atoms with van der Waals surface area (Å²) in [5.74, 6) is 1.65. The number of benzene rings is 1. The van der Waals surface area contributed by atoms with Crippen LogP contribution in [0.15, 0.2) is 47.0 Å². The molecule has 29 heavy (non-hydrogen) atoms. The third-order valence-electron chi connectivity index (χ3n) is 5.66. The molecule has 152 valence electrons. The molecule has 6 heteroatoms. The molecule has 0 bridgehead atoms. The largest absolute Gasteiger partial charge is 0.360 e. The van der Waals surface area contributed by atoms with Gasteiger partial charge in [0.2, 0.25) is 0 Å². The number of nitrogens with zero attached hydrogens (tertiary/aromatic N) is 4. The van der Waals surface area contributed by atoms with Crippen molar-refractivity contribution >= 4 is 5.78 Å². The molecule has 0 spiro atoms. The van der Waals surface area contributed by atoms with Crippen LogP contribution in [0.1, 0.15) is 33.1 Å². The van der Waals surface area contributed by atoms with E-state index in [1.165, 1.54) is 5.56 Å². The summed E-state index contributed by atoms with van der Waals surface area (Å²) in [5.41, 5.74) is 4.03.